The number of methoxy groups -OCH3 is 1. The Morgan fingerprint density at radius 3 is 2.32 bits per heavy atom. The summed E-state index contributed by atoms with van der Waals surface area (Å²) in [7, 11) is 1.51. The first-order valence-electron chi connectivity index (χ1n) is 7.16. The third kappa shape index (κ3) is 4.33. The standard InChI is InChI=1S/C17H14ClNO6/c1-10(16(20)11-3-6-13(24-2)7-4-11)25-17(21)14-8-5-12(19(22)23)9-15(14)18/h3-10H,1-2H3. The Morgan fingerprint density at radius 1 is 1.16 bits per heavy atom. The van der Waals surface area contributed by atoms with E-state index in [0.29, 0.717) is 11.3 Å². The Kier molecular flexibility index (Phi) is 5.71. The number of ketones is 1. The largest absolute Gasteiger partial charge is 0.497 e. The van der Waals surface area contributed by atoms with Crippen LogP contribution in [0.15, 0.2) is 42.5 Å². The minimum Gasteiger partial charge on any atom is -0.497 e. The summed E-state index contributed by atoms with van der Waals surface area (Å²) in [6, 6.07) is 9.73. The maximum atomic E-state index is 12.3. The van der Waals surface area contributed by atoms with Gasteiger partial charge in [-0.1, -0.05) is 11.6 Å². The molecule has 1 atom stereocenters. The van der Waals surface area contributed by atoms with E-state index < -0.39 is 22.8 Å². The molecule has 0 heterocycles. The van der Waals surface area contributed by atoms with E-state index >= 15 is 0 Å². The van der Waals surface area contributed by atoms with Gasteiger partial charge in [-0.3, -0.25) is 14.9 Å². The molecule has 0 N–H and O–H groups in total. The summed E-state index contributed by atoms with van der Waals surface area (Å²) in [6.45, 7) is 1.43. The summed E-state index contributed by atoms with van der Waals surface area (Å²) in [5, 5.41) is 10.6. The molecule has 8 heteroatoms. The lowest BCUT2D eigenvalue weighted by Gasteiger charge is -2.13. The maximum absolute atomic E-state index is 12.3. The lowest BCUT2D eigenvalue weighted by molar-refractivity contribution is -0.384. The first kappa shape index (κ1) is 18.4. The van der Waals surface area contributed by atoms with Crippen LogP contribution >= 0.6 is 11.6 Å². The minimum absolute atomic E-state index is 0.0540. The topological polar surface area (TPSA) is 95.7 Å². The van der Waals surface area contributed by atoms with Crippen molar-refractivity contribution in [2.24, 2.45) is 0 Å². The van der Waals surface area contributed by atoms with Gasteiger partial charge in [-0.25, -0.2) is 4.79 Å². The molecule has 2 rings (SSSR count). The summed E-state index contributed by atoms with van der Waals surface area (Å²) in [5.74, 6) is -0.637. The number of rotatable bonds is 6. The van der Waals surface area contributed by atoms with Crippen molar-refractivity contribution in [3.8, 4) is 5.75 Å². The van der Waals surface area contributed by atoms with Gasteiger partial charge in [0.25, 0.3) is 5.69 Å². The van der Waals surface area contributed by atoms with Gasteiger partial charge in [0.15, 0.2) is 6.10 Å². The third-order valence-corrected chi connectivity index (χ3v) is 3.72. The van der Waals surface area contributed by atoms with Crippen molar-refractivity contribution in [3.63, 3.8) is 0 Å². The highest BCUT2D eigenvalue weighted by Crippen LogP contribution is 2.24. The molecule has 0 fully saturated rings. The van der Waals surface area contributed by atoms with E-state index in [1.807, 2.05) is 0 Å². The lowest BCUT2D eigenvalue weighted by Crippen LogP contribution is -2.24. The normalized spacial score (nSPS) is 11.5. The molecule has 25 heavy (non-hydrogen) atoms. The van der Waals surface area contributed by atoms with Crippen molar-refractivity contribution in [1.29, 1.82) is 0 Å². The van der Waals surface area contributed by atoms with Gasteiger partial charge in [0.05, 0.1) is 22.6 Å². The van der Waals surface area contributed by atoms with Crippen molar-refractivity contribution in [2.75, 3.05) is 7.11 Å². The summed E-state index contributed by atoms with van der Waals surface area (Å²) < 4.78 is 10.1. The Morgan fingerprint density at radius 2 is 1.80 bits per heavy atom. The van der Waals surface area contributed by atoms with Crippen molar-refractivity contribution >= 4 is 29.0 Å². The second kappa shape index (κ2) is 7.76. The molecule has 0 aliphatic rings. The molecular formula is C17H14ClNO6. The summed E-state index contributed by atoms with van der Waals surface area (Å²) in [6.07, 6.45) is -1.05. The van der Waals surface area contributed by atoms with Gasteiger partial charge >= 0.3 is 5.97 Å². The zero-order valence-electron chi connectivity index (χ0n) is 13.4. The highest BCUT2D eigenvalue weighted by molar-refractivity contribution is 6.33. The molecule has 0 amide bonds. The van der Waals surface area contributed by atoms with E-state index in [1.165, 1.54) is 20.1 Å². The number of non-ortho nitro benzene ring substituents is 1. The van der Waals surface area contributed by atoms with Gasteiger partial charge in [0, 0.05) is 17.7 Å². The minimum atomic E-state index is -1.05. The fourth-order valence-corrected chi connectivity index (χ4v) is 2.30. The first-order valence-corrected chi connectivity index (χ1v) is 7.54. The SMILES string of the molecule is COc1ccc(C(=O)C(C)OC(=O)c2ccc([N+](=O)[O-])cc2Cl)cc1. The number of nitro groups is 1. The fraction of sp³-hybridized carbons (Fsp3) is 0.176. The van der Waals surface area contributed by atoms with Gasteiger partial charge in [-0.15, -0.1) is 0 Å². The van der Waals surface area contributed by atoms with Crippen LogP contribution in [-0.2, 0) is 4.74 Å². The van der Waals surface area contributed by atoms with E-state index in [-0.39, 0.29) is 16.3 Å². The monoisotopic (exact) mass is 363 g/mol. The van der Waals surface area contributed by atoms with Crippen LogP contribution < -0.4 is 4.74 Å². The van der Waals surface area contributed by atoms with Gasteiger partial charge in [-0.2, -0.15) is 0 Å². The van der Waals surface area contributed by atoms with Crippen molar-refractivity contribution in [1.82, 2.24) is 0 Å². The molecule has 130 valence electrons. The number of ether oxygens (including phenoxy) is 2. The Labute approximate surface area is 148 Å². The van der Waals surface area contributed by atoms with Crippen molar-refractivity contribution < 1.29 is 24.0 Å². The molecule has 0 aromatic heterocycles. The van der Waals surface area contributed by atoms with E-state index in [9.17, 15) is 19.7 Å². The average Bonchev–Trinajstić information content (AvgIpc) is 2.60. The van der Waals surface area contributed by atoms with Crippen LogP contribution in [0.3, 0.4) is 0 Å². The van der Waals surface area contributed by atoms with E-state index in [4.69, 9.17) is 21.1 Å². The predicted octanol–water partition coefficient (Wildman–Crippen LogP) is 3.69. The summed E-state index contributed by atoms with van der Waals surface area (Å²) in [5.41, 5.74) is 0.0569. The molecular weight excluding hydrogens is 350 g/mol. The molecule has 0 aliphatic heterocycles. The smallest absolute Gasteiger partial charge is 0.340 e. The molecule has 0 bridgehead atoms. The highest BCUT2D eigenvalue weighted by Gasteiger charge is 2.23. The third-order valence-electron chi connectivity index (χ3n) is 3.41. The van der Waals surface area contributed by atoms with E-state index in [2.05, 4.69) is 0 Å². The fourth-order valence-electron chi connectivity index (χ4n) is 2.05. The molecule has 2 aromatic rings. The number of nitro benzene ring substituents is 1. The van der Waals surface area contributed by atoms with Crippen LogP contribution in [0, 0.1) is 10.1 Å². The van der Waals surface area contributed by atoms with E-state index in [1.54, 1.807) is 24.3 Å². The van der Waals surface area contributed by atoms with Crippen molar-refractivity contribution in [3.05, 3.63) is 68.7 Å². The lowest BCUT2D eigenvalue weighted by atomic mass is 10.1. The van der Waals surface area contributed by atoms with Gasteiger partial charge < -0.3 is 9.47 Å². The van der Waals surface area contributed by atoms with Crippen molar-refractivity contribution in [2.45, 2.75) is 13.0 Å². The Balaban J connectivity index is 2.11. The molecule has 1 unspecified atom stereocenters. The number of nitrogens with zero attached hydrogens (tertiary/aromatic N) is 1. The molecule has 0 spiro atoms. The molecule has 0 saturated heterocycles. The second-order valence-corrected chi connectivity index (χ2v) is 5.47. The molecule has 7 nitrogen and oxygen atoms in total. The molecule has 0 aliphatic carbocycles. The number of carbonyl (C=O) groups is 2. The van der Waals surface area contributed by atoms with Crippen LogP contribution in [0.4, 0.5) is 5.69 Å². The number of halogens is 1. The molecule has 0 saturated carbocycles. The van der Waals surface area contributed by atoms with Gasteiger partial charge in [0.1, 0.15) is 5.75 Å². The number of hydrogen-bond acceptors (Lipinski definition) is 6. The highest BCUT2D eigenvalue weighted by atomic mass is 35.5. The number of esters is 1. The predicted molar refractivity (Wildman–Crippen MR) is 90.3 cm³/mol. The Hall–Kier alpha value is -2.93. The Bertz CT molecular complexity index is 818. The molecule has 0 radical (unpaired) electrons. The number of Topliss-reactive ketones (excluding diaryl/α,β-unsaturated/α-hetero) is 1. The second-order valence-electron chi connectivity index (χ2n) is 5.06. The first-order chi connectivity index (χ1) is 11.8. The van der Waals surface area contributed by atoms with Crippen LogP contribution in [0.1, 0.15) is 27.6 Å². The zero-order chi connectivity index (χ0) is 18.6. The summed E-state index contributed by atoms with van der Waals surface area (Å²) >= 11 is 5.88. The van der Waals surface area contributed by atoms with Crippen LogP contribution in [0.25, 0.3) is 0 Å². The molecule has 2 aromatic carbocycles. The number of benzene rings is 2. The number of carbonyl (C=O) groups excluding carboxylic acids is 2. The van der Waals surface area contributed by atoms with Crippen LogP contribution in [0.2, 0.25) is 5.02 Å². The van der Waals surface area contributed by atoms with E-state index in [0.717, 1.165) is 12.1 Å². The maximum Gasteiger partial charge on any atom is 0.340 e. The average molecular weight is 364 g/mol. The van der Waals surface area contributed by atoms with Crippen LogP contribution in [-0.4, -0.2) is 29.9 Å². The van der Waals surface area contributed by atoms with Gasteiger partial charge in [-0.05, 0) is 37.3 Å². The quantitative estimate of drug-likeness (QED) is 0.336. The summed E-state index contributed by atoms with van der Waals surface area (Å²) in [4.78, 5) is 34.5. The number of hydrogen-bond donors (Lipinski definition) is 0. The van der Waals surface area contributed by atoms with Crippen LogP contribution in [0.5, 0.6) is 5.75 Å². The van der Waals surface area contributed by atoms with Gasteiger partial charge in [0.2, 0.25) is 5.78 Å². The zero-order valence-corrected chi connectivity index (χ0v) is 14.1.